The Bertz CT molecular complexity index is 524. The molecule has 2 unspecified atom stereocenters. The normalized spacial score (nSPS) is 21.4. The van der Waals surface area contributed by atoms with Crippen LogP contribution >= 0.6 is 0 Å². The second kappa shape index (κ2) is 7.90. The first kappa shape index (κ1) is 17.9. The summed E-state index contributed by atoms with van der Waals surface area (Å²) in [5.74, 6) is -0.115. The minimum absolute atomic E-state index is 0.0812. The van der Waals surface area contributed by atoms with Crippen LogP contribution in [0.1, 0.15) is 43.1 Å². The molecule has 5 nitrogen and oxygen atoms in total. The second-order valence-electron chi connectivity index (χ2n) is 6.62. The Balaban J connectivity index is 1.96. The van der Waals surface area contributed by atoms with Crippen LogP contribution in [0.3, 0.4) is 0 Å². The lowest BCUT2D eigenvalue weighted by atomic mass is 9.98. The number of aliphatic hydroxyl groups is 1. The minimum atomic E-state index is -0.704. The van der Waals surface area contributed by atoms with Gasteiger partial charge in [0.1, 0.15) is 6.10 Å². The van der Waals surface area contributed by atoms with Gasteiger partial charge >= 0.3 is 0 Å². The largest absolute Gasteiger partial charge is 0.390 e. The number of aryl methyl sites for hydroxylation is 1. The van der Waals surface area contributed by atoms with E-state index < -0.39 is 5.60 Å². The van der Waals surface area contributed by atoms with Crippen LogP contribution < -0.4 is 5.32 Å². The Labute approximate surface area is 138 Å². The Hall–Kier alpha value is -1.43. The standard InChI is InChI=1S/C18H27NO4/c1-4-23-16-12-22-11-15(16)19-17(20)14-7-5-6-13(10-14)8-9-18(2,3)21/h5-7,10,15-16,21H,4,8-9,11-12H2,1-3H3,(H,19,20). The third-order valence-electron chi connectivity index (χ3n) is 3.94. The summed E-state index contributed by atoms with van der Waals surface area (Å²) in [5.41, 5.74) is 0.966. The Kier molecular flexibility index (Phi) is 6.16. The number of amides is 1. The highest BCUT2D eigenvalue weighted by Gasteiger charge is 2.30. The third kappa shape index (κ3) is 5.61. The molecular formula is C18H27NO4. The van der Waals surface area contributed by atoms with Crippen molar-refractivity contribution in [3.63, 3.8) is 0 Å². The predicted octanol–water partition coefficient (Wildman–Crippen LogP) is 1.92. The maximum atomic E-state index is 12.4. The van der Waals surface area contributed by atoms with Crippen molar-refractivity contribution in [2.24, 2.45) is 0 Å². The van der Waals surface area contributed by atoms with Gasteiger partial charge in [0.15, 0.2) is 0 Å². The number of carbonyl (C=O) groups is 1. The number of benzene rings is 1. The Morgan fingerprint density at radius 1 is 1.43 bits per heavy atom. The highest BCUT2D eigenvalue weighted by molar-refractivity contribution is 5.94. The maximum absolute atomic E-state index is 12.4. The predicted molar refractivity (Wildman–Crippen MR) is 88.5 cm³/mol. The van der Waals surface area contributed by atoms with Gasteiger partial charge in [-0.25, -0.2) is 0 Å². The molecule has 1 aromatic rings. The number of ether oxygens (including phenoxy) is 2. The van der Waals surface area contributed by atoms with Crippen molar-refractivity contribution in [3.05, 3.63) is 35.4 Å². The first-order valence-corrected chi connectivity index (χ1v) is 8.20. The first-order valence-electron chi connectivity index (χ1n) is 8.20. The molecule has 0 aliphatic carbocycles. The molecule has 0 saturated carbocycles. The van der Waals surface area contributed by atoms with Gasteiger partial charge in [-0.15, -0.1) is 0 Å². The number of carbonyl (C=O) groups excluding carboxylic acids is 1. The molecule has 2 atom stereocenters. The van der Waals surface area contributed by atoms with E-state index in [4.69, 9.17) is 9.47 Å². The lowest BCUT2D eigenvalue weighted by Gasteiger charge is -2.19. The van der Waals surface area contributed by atoms with Gasteiger partial charge in [-0.05, 0) is 51.3 Å². The van der Waals surface area contributed by atoms with Gasteiger partial charge in [0, 0.05) is 12.2 Å². The molecule has 0 radical (unpaired) electrons. The fourth-order valence-electron chi connectivity index (χ4n) is 2.62. The lowest BCUT2D eigenvalue weighted by Crippen LogP contribution is -2.43. The van der Waals surface area contributed by atoms with E-state index in [0.717, 1.165) is 12.0 Å². The van der Waals surface area contributed by atoms with Gasteiger partial charge < -0.3 is 19.9 Å². The highest BCUT2D eigenvalue weighted by atomic mass is 16.5. The zero-order valence-corrected chi connectivity index (χ0v) is 14.2. The number of hydrogen-bond donors (Lipinski definition) is 2. The van der Waals surface area contributed by atoms with Gasteiger partial charge in [0.2, 0.25) is 0 Å². The summed E-state index contributed by atoms with van der Waals surface area (Å²) in [6.07, 6.45) is 1.31. The van der Waals surface area contributed by atoms with E-state index in [1.54, 1.807) is 19.9 Å². The average Bonchev–Trinajstić information content (AvgIpc) is 2.92. The van der Waals surface area contributed by atoms with Crippen LogP contribution in [-0.4, -0.2) is 48.6 Å². The maximum Gasteiger partial charge on any atom is 0.251 e. The van der Waals surface area contributed by atoms with Crippen LogP contribution in [0.15, 0.2) is 24.3 Å². The molecule has 5 heteroatoms. The average molecular weight is 321 g/mol. The van der Waals surface area contributed by atoms with Crippen LogP contribution in [0, 0.1) is 0 Å². The quantitative estimate of drug-likeness (QED) is 0.805. The molecular weight excluding hydrogens is 294 g/mol. The van der Waals surface area contributed by atoms with Gasteiger partial charge in [-0.2, -0.15) is 0 Å². The summed E-state index contributed by atoms with van der Waals surface area (Å²) in [4.78, 5) is 12.4. The molecule has 1 fully saturated rings. The van der Waals surface area contributed by atoms with Gasteiger partial charge in [0.05, 0.1) is 24.9 Å². The van der Waals surface area contributed by atoms with Crippen molar-refractivity contribution in [1.82, 2.24) is 5.32 Å². The lowest BCUT2D eigenvalue weighted by molar-refractivity contribution is 0.0402. The van der Waals surface area contributed by atoms with Gasteiger partial charge in [-0.3, -0.25) is 4.79 Å². The molecule has 0 bridgehead atoms. The Morgan fingerprint density at radius 2 is 2.22 bits per heavy atom. The fourth-order valence-corrected chi connectivity index (χ4v) is 2.62. The van der Waals surface area contributed by atoms with E-state index in [9.17, 15) is 9.90 Å². The summed E-state index contributed by atoms with van der Waals surface area (Å²) in [6.45, 7) is 7.12. The summed E-state index contributed by atoms with van der Waals surface area (Å²) >= 11 is 0. The monoisotopic (exact) mass is 321 g/mol. The number of rotatable bonds is 7. The van der Waals surface area contributed by atoms with Crippen molar-refractivity contribution in [1.29, 1.82) is 0 Å². The summed E-state index contributed by atoms with van der Waals surface area (Å²) in [7, 11) is 0. The molecule has 1 heterocycles. The van der Waals surface area contributed by atoms with Crippen molar-refractivity contribution in [3.8, 4) is 0 Å². The number of nitrogens with one attached hydrogen (secondary N) is 1. The molecule has 0 spiro atoms. The molecule has 0 aromatic heterocycles. The fraction of sp³-hybridized carbons (Fsp3) is 0.611. The van der Waals surface area contributed by atoms with E-state index in [2.05, 4.69) is 5.32 Å². The number of hydrogen-bond acceptors (Lipinski definition) is 4. The van der Waals surface area contributed by atoms with Crippen LogP contribution in [0.4, 0.5) is 0 Å². The molecule has 1 saturated heterocycles. The van der Waals surface area contributed by atoms with Crippen molar-refractivity contribution in [2.75, 3.05) is 19.8 Å². The molecule has 23 heavy (non-hydrogen) atoms. The zero-order chi connectivity index (χ0) is 16.9. The van der Waals surface area contributed by atoms with Crippen LogP contribution in [0.25, 0.3) is 0 Å². The molecule has 1 aliphatic heterocycles. The molecule has 128 valence electrons. The molecule has 2 rings (SSSR count). The van der Waals surface area contributed by atoms with Crippen molar-refractivity contribution < 1.29 is 19.4 Å². The topological polar surface area (TPSA) is 67.8 Å². The van der Waals surface area contributed by atoms with E-state index in [1.165, 1.54) is 0 Å². The molecule has 1 aromatic carbocycles. The SMILES string of the molecule is CCOC1COCC1NC(=O)c1cccc(CCC(C)(C)O)c1. The van der Waals surface area contributed by atoms with E-state index >= 15 is 0 Å². The molecule has 1 aliphatic rings. The van der Waals surface area contributed by atoms with E-state index in [0.29, 0.717) is 31.8 Å². The van der Waals surface area contributed by atoms with E-state index in [1.807, 2.05) is 25.1 Å². The van der Waals surface area contributed by atoms with Crippen molar-refractivity contribution >= 4 is 5.91 Å². The van der Waals surface area contributed by atoms with Gasteiger partial charge in [-0.1, -0.05) is 12.1 Å². The summed E-state index contributed by atoms with van der Waals surface area (Å²) < 4.78 is 11.0. The second-order valence-corrected chi connectivity index (χ2v) is 6.62. The minimum Gasteiger partial charge on any atom is -0.390 e. The summed E-state index contributed by atoms with van der Waals surface area (Å²) in [6, 6.07) is 7.42. The van der Waals surface area contributed by atoms with Crippen LogP contribution in [0.5, 0.6) is 0 Å². The first-order chi connectivity index (χ1) is 10.9. The highest BCUT2D eigenvalue weighted by Crippen LogP contribution is 2.15. The van der Waals surface area contributed by atoms with Crippen LogP contribution in [0.2, 0.25) is 0 Å². The third-order valence-corrected chi connectivity index (χ3v) is 3.94. The summed E-state index contributed by atoms with van der Waals surface area (Å²) in [5, 5.41) is 12.8. The van der Waals surface area contributed by atoms with Crippen LogP contribution in [-0.2, 0) is 15.9 Å². The molecule has 2 N–H and O–H groups in total. The molecule has 1 amide bonds. The zero-order valence-electron chi connectivity index (χ0n) is 14.2. The van der Waals surface area contributed by atoms with Gasteiger partial charge in [0.25, 0.3) is 5.91 Å². The Morgan fingerprint density at radius 3 is 2.91 bits per heavy atom. The van der Waals surface area contributed by atoms with E-state index in [-0.39, 0.29) is 18.1 Å². The smallest absolute Gasteiger partial charge is 0.251 e. The van der Waals surface area contributed by atoms with Crippen molar-refractivity contribution in [2.45, 2.75) is 51.4 Å².